The molecule has 0 spiro atoms. The summed E-state index contributed by atoms with van der Waals surface area (Å²) >= 11 is 0. The SMILES string of the molecule is Cc1cc(NC2CCS(=O)(=O)C2)ncc1[N+](=O)[O-]. The lowest BCUT2D eigenvalue weighted by Crippen LogP contribution is -2.21. The van der Waals surface area contributed by atoms with Gasteiger partial charge in [0.05, 0.1) is 16.4 Å². The number of pyridine rings is 1. The van der Waals surface area contributed by atoms with Crippen molar-refractivity contribution >= 4 is 21.3 Å². The fraction of sp³-hybridized carbons (Fsp3) is 0.500. The van der Waals surface area contributed by atoms with E-state index in [9.17, 15) is 18.5 Å². The molecule has 1 N–H and O–H groups in total. The topological polar surface area (TPSA) is 102 Å². The lowest BCUT2D eigenvalue weighted by atomic mass is 10.2. The van der Waals surface area contributed by atoms with Gasteiger partial charge in [-0.25, -0.2) is 13.4 Å². The van der Waals surface area contributed by atoms with E-state index in [1.54, 1.807) is 13.0 Å². The van der Waals surface area contributed by atoms with Crippen LogP contribution >= 0.6 is 0 Å². The third-order valence-electron chi connectivity index (χ3n) is 2.86. The minimum atomic E-state index is -2.95. The number of aryl methyl sites for hydroxylation is 1. The Labute approximate surface area is 104 Å². The third-order valence-corrected chi connectivity index (χ3v) is 4.63. The van der Waals surface area contributed by atoms with Gasteiger partial charge in [0.1, 0.15) is 12.0 Å². The second-order valence-corrected chi connectivity index (χ2v) is 6.59. The Bertz CT molecular complexity index is 585. The Morgan fingerprint density at radius 1 is 1.56 bits per heavy atom. The first kappa shape index (κ1) is 12.7. The molecule has 0 aliphatic carbocycles. The number of nitrogens with one attached hydrogen (secondary N) is 1. The van der Waals surface area contributed by atoms with E-state index in [2.05, 4.69) is 10.3 Å². The van der Waals surface area contributed by atoms with Crippen LogP contribution in [-0.4, -0.2) is 35.9 Å². The van der Waals surface area contributed by atoms with Crippen molar-refractivity contribution in [1.82, 2.24) is 4.98 Å². The molecule has 1 aromatic heterocycles. The third kappa shape index (κ3) is 2.76. The van der Waals surface area contributed by atoms with Crippen molar-refractivity contribution in [3.05, 3.63) is 27.9 Å². The van der Waals surface area contributed by atoms with Crippen molar-refractivity contribution in [2.45, 2.75) is 19.4 Å². The standard InChI is InChI=1S/C10H13N3O4S/c1-7-4-10(11-5-9(7)13(14)15)12-8-2-3-18(16,17)6-8/h4-5,8H,2-3,6H2,1H3,(H,11,12). The lowest BCUT2D eigenvalue weighted by molar-refractivity contribution is -0.385. The fourth-order valence-electron chi connectivity index (χ4n) is 1.94. The Morgan fingerprint density at radius 3 is 2.78 bits per heavy atom. The van der Waals surface area contributed by atoms with Crippen molar-refractivity contribution < 1.29 is 13.3 Å². The molecule has 1 aromatic rings. The highest BCUT2D eigenvalue weighted by Gasteiger charge is 2.28. The van der Waals surface area contributed by atoms with Crippen molar-refractivity contribution in [2.75, 3.05) is 16.8 Å². The molecule has 1 saturated heterocycles. The van der Waals surface area contributed by atoms with Crippen LogP contribution in [0.2, 0.25) is 0 Å². The molecule has 0 aromatic carbocycles. The molecule has 8 heteroatoms. The molecule has 98 valence electrons. The summed E-state index contributed by atoms with van der Waals surface area (Å²) in [5.41, 5.74) is 0.456. The van der Waals surface area contributed by atoms with Crippen LogP contribution in [0.25, 0.3) is 0 Å². The van der Waals surface area contributed by atoms with Gasteiger partial charge in [-0.2, -0.15) is 0 Å². The number of nitrogens with zero attached hydrogens (tertiary/aromatic N) is 2. The summed E-state index contributed by atoms with van der Waals surface area (Å²) in [6.45, 7) is 1.62. The molecule has 0 radical (unpaired) electrons. The summed E-state index contributed by atoms with van der Waals surface area (Å²) in [4.78, 5) is 14.1. The average molecular weight is 271 g/mol. The smallest absolute Gasteiger partial charge is 0.290 e. The number of rotatable bonds is 3. The number of sulfone groups is 1. The van der Waals surface area contributed by atoms with Gasteiger partial charge < -0.3 is 5.32 Å². The van der Waals surface area contributed by atoms with Gasteiger partial charge in [0.15, 0.2) is 9.84 Å². The summed E-state index contributed by atoms with van der Waals surface area (Å²) in [6, 6.07) is 1.40. The summed E-state index contributed by atoms with van der Waals surface area (Å²) in [5, 5.41) is 13.6. The highest BCUT2D eigenvalue weighted by Crippen LogP contribution is 2.21. The first-order valence-corrected chi connectivity index (χ1v) is 7.27. The zero-order valence-electron chi connectivity index (χ0n) is 9.79. The fourth-order valence-corrected chi connectivity index (χ4v) is 3.61. The average Bonchev–Trinajstić information content (AvgIpc) is 2.57. The monoisotopic (exact) mass is 271 g/mol. The maximum Gasteiger partial charge on any atom is 0.290 e. The van der Waals surface area contributed by atoms with Gasteiger partial charge in [-0.15, -0.1) is 0 Å². The maximum absolute atomic E-state index is 11.3. The number of hydrogen-bond acceptors (Lipinski definition) is 6. The van der Waals surface area contributed by atoms with Gasteiger partial charge in [0.2, 0.25) is 0 Å². The van der Waals surface area contributed by atoms with Crippen molar-refractivity contribution in [2.24, 2.45) is 0 Å². The molecule has 1 atom stereocenters. The first-order chi connectivity index (χ1) is 8.37. The molecule has 18 heavy (non-hydrogen) atoms. The largest absolute Gasteiger partial charge is 0.366 e. The van der Waals surface area contributed by atoms with Crippen LogP contribution in [0.5, 0.6) is 0 Å². The summed E-state index contributed by atoms with van der Waals surface area (Å²) < 4.78 is 22.6. The van der Waals surface area contributed by atoms with Crippen LogP contribution in [-0.2, 0) is 9.84 Å². The van der Waals surface area contributed by atoms with Crippen LogP contribution in [0, 0.1) is 17.0 Å². The minimum Gasteiger partial charge on any atom is -0.366 e. The normalized spacial score (nSPS) is 21.7. The first-order valence-electron chi connectivity index (χ1n) is 5.45. The van der Waals surface area contributed by atoms with E-state index < -0.39 is 14.8 Å². The molecule has 0 amide bonds. The van der Waals surface area contributed by atoms with Gasteiger partial charge in [-0.3, -0.25) is 10.1 Å². The molecule has 1 aliphatic heterocycles. The quantitative estimate of drug-likeness (QED) is 0.647. The molecule has 0 saturated carbocycles. The number of anilines is 1. The highest BCUT2D eigenvalue weighted by atomic mass is 32.2. The van der Waals surface area contributed by atoms with E-state index in [-0.39, 0.29) is 23.2 Å². The van der Waals surface area contributed by atoms with E-state index in [0.29, 0.717) is 17.8 Å². The molecule has 7 nitrogen and oxygen atoms in total. The van der Waals surface area contributed by atoms with E-state index in [1.807, 2.05) is 0 Å². The van der Waals surface area contributed by atoms with E-state index in [0.717, 1.165) is 0 Å². The molecular formula is C10H13N3O4S. The molecule has 0 bridgehead atoms. The van der Waals surface area contributed by atoms with E-state index in [4.69, 9.17) is 0 Å². The van der Waals surface area contributed by atoms with Gasteiger partial charge in [0, 0.05) is 11.6 Å². The summed E-state index contributed by atoms with van der Waals surface area (Å²) in [6.07, 6.45) is 1.72. The van der Waals surface area contributed by atoms with Gasteiger partial charge in [-0.1, -0.05) is 0 Å². The predicted octanol–water partition coefficient (Wildman–Crippen LogP) is 0.897. The second-order valence-electron chi connectivity index (χ2n) is 4.36. The highest BCUT2D eigenvalue weighted by molar-refractivity contribution is 7.91. The number of nitro groups is 1. The molecular weight excluding hydrogens is 258 g/mol. The number of hydrogen-bond donors (Lipinski definition) is 1. The van der Waals surface area contributed by atoms with Crippen LogP contribution < -0.4 is 5.32 Å². The molecule has 1 unspecified atom stereocenters. The zero-order chi connectivity index (χ0) is 13.3. The van der Waals surface area contributed by atoms with E-state index >= 15 is 0 Å². The Hall–Kier alpha value is -1.70. The van der Waals surface area contributed by atoms with Crippen molar-refractivity contribution in [3.8, 4) is 0 Å². The second kappa shape index (κ2) is 4.52. The van der Waals surface area contributed by atoms with Gasteiger partial charge >= 0.3 is 0 Å². The summed E-state index contributed by atoms with van der Waals surface area (Å²) in [5.74, 6) is 0.738. The van der Waals surface area contributed by atoms with Gasteiger partial charge in [-0.05, 0) is 19.4 Å². The zero-order valence-corrected chi connectivity index (χ0v) is 10.6. The van der Waals surface area contributed by atoms with Crippen LogP contribution in [0.3, 0.4) is 0 Å². The molecule has 1 fully saturated rings. The molecule has 1 aliphatic rings. The lowest BCUT2D eigenvalue weighted by Gasteiger charge is -2.11. The van der Waals surface area contributed by atoms with Crippen molar-refractivity contribution in [3.63, 3.8) is 0 Å². The van der Waals surface area contributed by atoms with Crippen LogP contribution in [0.4, 0.5) is 11.5 Å². The van der Waals surface area contributed by atoms with Crippen LogP contribution in [0.15, 0.2) is 12.3 Å². The molecule has 2 rings (SSSR count). The van der Waals surface area contributed by atoms with E-state index in [1.165, 1.54) is 6.20 Å². The molecule has 2 heterocycles. The van der Waals surface area contributed by atoms with Crippen molar-refractivity contribution in [1.29, 1.82) is 0 Å². The minimum absolute atomic E-state index is 0.0420. The van der Waals surface area contributed by atoms with Gasteiger partial charge in [0.25, 0.3) is 5.69 Å². The Morgan fingerprint density at radius 2 is 2.28 bits per heavy atom. The summed E-state index contributed by atoms with van der Waals surface area (Å²) in [7, 11) is -2.95. The number of aromatic nitrogens is 1. The van der Waals surface area contributed by atoms with Crippen LogP contribution in [0.1, 0.15) is 12.0 Å². The Kier molecular flexibility index (Phi) is 3.20. The Balaban J connectivity index is 2.12. The maximum atomic E-state index is 11.3. The predicted molar refractivity (Wildman–Crippen MR) is 66.3 cm³/mol.